The van der Waals surface area contributed by atoms with Gasteiger partial charge in [-0.25, -0.2) is 0 Å². The Morgan fingerprint density at radius 3 is 2.31 bits per heavy atom. The second-order valence-corrected chi connectivity index (χ2v) is 8.22. The van der Waals surface area contributed by atoms with Gasteiger partial charge in [0.05, 0.1) is 5.92 Å². The fourth-order valence-corrected chi connectivity index (χ4v) is 4.67. The number of carbonyl (C=O) groups is 2. The second kappa shape index (κ2) is 6.82. The molecule has 5 rings (SSSR count). The molecule has 2 unspecified atom stereocenters. The van der Waals surface area contributed by atoms with E-state index < -0.39 is 5.92 Å². The fraction of sp³-hybridized carbons (Fsp3) is 0.154. The van der Waals surface area contributed by atoms with Crippen LogP contribution in [0.15, 0.2) is 72.8 Å². The molecule has 1 aliphatic carbocycles. The lowest BCUT2D eigenvalue weighted by molar-refractivity contribution is -0.122. The van der Waals surface area contributed by atoms with Crippen LogP contribution in [0.2, 0.25) is 5.02 Å². The molecule has 142 valence electrons. The number of benzene rings is 4. The van der Waals surface area contributed by atoms with Crippen LogP contribution in [0.4, 0.5) is 0 Å². The lowest BCUT2D eigenvalue weighted by Crippen LogP contribution is -2.35. The monoisotopic (exact) mass is 398 g/mol. The van der Waals surface area contributed by atoms with E-state index in [4.69, 9.17) is 11.6 Å². The van der Waals surface area contributed by atoms with Crippen LogP contribution in [-0.2, 0) is 11.2 Å². The molecule has 0 N–H and O–H groups in total. The van der Waals surface area contributed by atoms with Crippen LogP contribution < -0.4 is 0 Å². The zero-order chi connectivity index (χ0) is 20.1. The smallest absolute Gasteiger partial charge is 0.174 e. The molecule has 0 saturated heterocycles. The van der Waals surface area contributed by atoms with E-state index in [-0.39, 0.29) is 17.5 Å². The number of hydrogen-bond acceptors (Lipinski definition) is 2. The first-order chi connectivity index (χ1) is 14.0. The van der Waals surface area contributed by atoms with Crippen LogP contribution >= 0.6 is 11.6 Å². The van der Waals surface area contributed by atoms with Crippen LogP contribution in [0.5, 0.6) is 0 Å². The van der Waals surface area contributed by atoms with Gasteiger partial charge in [0, 0.05) is 16.5 Å². The minimum atomic E-state index is -0.657. The predicted octanol–water partition coefficient (Wildman–Crippen LogP) is 6.37. The fourth-order valence-electron chi connectivity index (χ4n) is 4.55. The summed E-state index contributed by atoms with van der Waals surface area (Å²) >= 11 is 5.98. The highest BCUT2D eigenvalue weighted by molar-refractivity contribution is 6.30. The minimum Gasteiger partial charge on any atom is -0.298 e. The van der Waals surface area contributed by atoms with Crippen molar-refractivity contribution in [3.05, 3.63) is 94.5 Å². The van der Waals surface area contributed by atoms with E-state index in [1.54, 1.807) is 12.1 Å². The van der Waals surface area contributed by atoms with E-state index in [0.717, 1.165) is 32.7 Å². The van der Waals surface area contributed by atoms with Gasteiger partial charge in [0.1, 0.15) is 0 Å². The number of fused-ring (bicyclic) bond motifs is 5. The molecule has 0 saturated carbocycles. The maximum absolute atomic E-state index is 13.5. The number of Topliss-reactive ketones (excluding diaryl/α,β-unsaturated/α-hetero) is 2. The SMILES string of the molecule is CC1C(=O)C(Cc2ccc(Cl)cc2)C(=O)c2c1ccc1c2ccc2ccccc21. The molecule has 3 heteroatoms. The van der Waals surface area contributed by atoms with Crippen molar-refractivity contribution in [3.63, 3.8) is 0 Å². The summed E-state index contributed by atoms with van der Waals surface area (Å²) in [5.74, 6) is -1.02. The van der Waals surface area contributed by atoms with Crippen molar-refractivity contribution in [2.24, 2.45) is 5.92 Å². The Bertz CT molecular complexity index is 1290. The standard InChI is InChI=1S/C26H19ClO2/c1-15-19-12-13-21-20-5-3-2-4-17(20)8-11-22(21)24(19)26(29)23(25(15)28)14-16-6-9-18(27)10-7-16/h2-13,15,23H,14H2,1H3. The summed E-state index contributed by atoms with van der Waals surface area (Å²) in [6, 6.07) is 23.6. The normalized spacial score (nSPS) is 19.0. The highest BCUT2D eigenvalue weighted by Crippen LogP contribution is 2.39. The third-order valence-corrected chi connectivity index (χ3v) is 6.36. The van der Waals surface area contributed by atoms with Gasteiger partial charge in [-0.2, -0.15) is 0 Å². The Morgan fingerprint density at radius 2 is 1.52 bits per heavy atom. The van der Waals surface area contributed by atoms with Crippen molar-refractivity contribution in [2.75, 3.05) is 0 Å². The molecular formula is C26H19ClO2. The average molecular weight is 399 g/mol. The largest absolute Gasteiger partial charge is 0.298 e. The van der Waals surface area contributed by atoms with Crippen molar-refractivity contribution in [1.29, 1.82) is 0 Å². The van der Waals surface area contributed by atoms with Crippen molar-refractivity contribution in [1.82, 2.24) is 0 Å². The van der Waals surface area contributed by atoms with E-state index in [1.165, 1.54) is 0 Å². The van der Waals surface area contributed by atoms with E-state index in [2.05, 4.69) is 18.2 Å². The summed E-state index contributed by atoms with van der Waals surface area (Å²) in [7, 11) is 0. The summed E-state index contributed by atoms with van der Waals surface area (Å²) in [5.41, 5.74) is 2.50. The van der Waals surface area contributed by atoms with Gasteiger partial charge in [0.15, 0.2) is 11.6 Å². The maximum Gasteiger partial charge on any atom is 0.174 e. The molecule has 0 heterocycles. The van der Waals surface area contributed by atoms with Gasteiger partial charge in [0.2, 0.25) is 0 Å². The first-order valence-electron chi connectivity index (χ1n) is 9.81. The summed E-state index contributed by atoms with van der Waals surface area (Å²) in [6.45, 7) is 1.91. The molecule has 0 aliphatic heterocycles. The molecule has 0 spiro atoms. The molecule has 0 radical (unpaired) electrons. The third kappa shape index (κ3) is 2.87. The topological polar surface area (TPSA) is 34.1 Å². The molecule has 1 aliphatic rings. The average Bonchev–Trinajstić information content (AvgIpc) is 2.75. The lowest BCUT2D eigenvalue weighted by Gasteiger charge is -2.28. The minimum absolute atomic E-state index is 0.00223. The van der Waals surface area contributed by atoms with Gasteiger partial charge in [-0.15, -0.1) is 0 Å². The number of rotatable bonds is 2. The number of ketones is 2. The molecule has 2 nitrogen and oxygen atoms in total. The van der Waals surface area contributed by atoms with Crippen molar-refractivity contribution < 1.29 is 9.59 Å². The Kier molecular flexibility index (Phi) is 4.25. The van der Waals surface area contributed by atoms with Gasteiger partial charge >= 0.3 is 0 Å². The third-order valence-electron chi connectivity index (χ3n) is 6.11. The van der Waals surface area contributed by atoms with Crippen LogP contribution in [0.25, 0.3) is 21.5 Å². The van der Waals surface area contributed by atoms with E-state index in [1.807, 2.05) is 49.4 Å². The molecule has 2 atom stereocenters. The molecular weight excluding hydrogens is 380 g/mol. The molecule has 0 amide bonds. The zero-order valence-corrected chi connectivity index (χ0v) is 16.7. The van der Waals surface area contributed by atoms with E-state index >= 15 is 0 Å². The molecule has 0 aromatic heterocycles. The summed E-state index contributed by atoms with van der Waals surface area (Å²) in [6.07, 6.45) is 0.405. The van der Waals surface area contributed by atoms with Gasteiger partial charge < -0.3 is 0 Å². The summed E-state index contributed by atoms with van der Waals surface area (Å²) in [4.78, 5) is 26.6. The van der Waals surface area contributed by atoms with Crippen LogP contribution in [-0.4, -0.2) is 11.6 Å². The highest BCUT2D eigenvalue weighted by Gasteiger charge is 2.39. The number of carbonyl (C=O) groups excluding carboxylic acids is 2. The van der Waals surface area contributed by atoms with Crippen LogP contribution in [0, 0.1) is 5.92 Å². The lowest BCUT2D eigenvalue weighted by atomic mass is 9.72. The zero-order valence-electron chi connectivity index (χ0n) is 16.0. The number of halogens is 1. The first-order valence-corrected chi connectivity index (χ1v) is 10.2. The highest BCUT2D eigenvalue weighted by atomic mass is 35.5. The number of hydrogen-bond donors (Lipinski definition) is 0. The van der Waals surface area contributed by atoms with Crippen molar-refractivity contribution >= 4 is 44.7 Å². The van der Waals surface area contributed by atoms with E-state index in [9.17, 15) is 9.59 Å². The Hall–Kier alpha value is -2.97. The van der Waals surface area contributed by atoms with Gasteiger partial charge in [-0.05, 0) is 51.2 Å². The van der Waals surface area contributed by atoms with Gasteiger partial charge in [-0.1, -0.05) is 79.2 Å². The molecule has 4 aromatic rings. The summed E-state index contributed by atoms with van der Waals surface area (Å²) < 4.78 is 0. The predicted molar refractivity (Wildman–Crippen MR) is 118 cm³/mol. The van der Waals surface area contributed by atoms with E-state index in [0.29, 0.717) is 17.0 Å². The molecule has 0 fully saturated rings. The van der Waals surface area contributed by atoms with Crippen molar-refractivity contribution in [3.8, 4) is 0 Å². The quantitative estimate of drug-likeness (QED) is 0.290. The van der Waals surface area contributed by atoms with Crippen molar-refractivity contribution in [2.45, 2.75) is 19.3 Å². The van der Waals surface area contributed by atoms with Gasteiger partial charge in [0.25, 0.3) is 0 Å². The Morgan fingerprint density at radius 1 is 0.793 bits per heavy atom. The summed E-state index contributed by atoms with van der Waals surface area (Å²) in [5, 5.41) is 4.91. The maximum atomic E-state index is 13.5. The van der Waals surface area contributed by atoms with Crippen LogP contribution in [0.1, 0.15) is 34.3 Å². The molecule has 0 bridgehead atoms. The first kappa shape index (κ1) is 18.1. The second-order valence-electron chi connectivity index (χ2n) is 7.78. The van der Waals surface area contributed by atoms with Gasteiger partial charge in [-0.3, -0.25) is 9.59 Å². The molecule has 29 heavy (non-hydrogen) atoms. The molecule has 4 aromatic carbocycles. The Balaban J connectivity index is 1.68. The Labute approximate surface area is 174 Å². The van der Waals surface area contributed by atoms with Crippen LogP contribution in [0.3, 0.4) is 0 Å².